The van der Waals surface area contributed by atoms with Crippen molar-refractivity contribution in [1.82, 2.24) is 0 Å². The minimum Gasteiger partial charge on any atom is -0.489 e. The number of carbonyl (C=O) groups is 1. The summed E-state index contributed by atoms with van der Waals surface area (Å²) in [4.78, 5) is 21.3. The first-order valence-corrected chi connectivity index (χ1v) is 4.40. The van der Waals surface area contributed by atoms with Crippen LogP contribution in [-0.4, -0.2) is 25.1 Å². The molecule has 0 N–H and O–H groups in total. The summed E-state index contributed by atoms with van der Waals surface area (Å²) in [5.41, 5.74) is -0.664. The highest BCUT2D eigenvalue weighted by molar-refractivity contribution is 5.94. The van der Waals surface area contributed by atoms with E-state index in [0.29, 0.717) is 0 Å². The molecule has 1 aromatic carbocycles. The SMILES string of the molecule is COC(=O)c1ccc([N+](=O)[O-])c(OC)c1C#N. The average molecular weight is 236 g/mol. The van der Waals surface area contributed by atoms with Gasteiger partial charge in [-0.15, -0.1) is 0 Å². The highest BCUT2D eigenvalue weighted by Gasteiger charge is 2.25. The van der Waals surface area contributed by atoms with Gasteiger partial charge in [-0.05, 0) is 6.07 Å². The second kappa shape index (κ2) is 4.94. The Morgan fingerprint density at radius 2 is 2.12 bits per heavy atom. The van der Waals surface area contributed by atoms with Crippen LogP contribution in [0.4, 0.5) is 5.69 Å². The van der Waals surface area contributed by atoms with Crippen LogP contribution >= 0.6 is 0 Å². The van der Waals surface area contributed by atoms with E-state index in [-0.39, 0.29) is 22.6 Å². The molecule has 0 amide bonds. The van der Waals surface area contributed by atoms with Crippen LogP contribution in [0, 0.1) is 21.4 Å². The van der Waals surface area contributed by atoms with Crippen LogP contribution in [0.15, 0.2) is 12.1 Å². The van der Waals surface area contributed by atoms with Crippen LogP contribution in [-0.2, 0) is 4.74 Å². The molecule has 0 atom stereocenters. The lowest BCUT2D eigenvalue weighted by Gasteiger charge is -2.07. The van der Waals surface area contributed by atoms with Gasteiger partial charge in [-0.2, -0.15) is 5.26 Å². The summed E-state index contributed by atoms with van der Waals surface area (Å²) < 4.78 is 9.26. The third-order valence-corrected chi connectivity index (χ3v) is 2.05. The standard InChI is InChI=1S/C10H8N2O5/c1-16-9-7(5-11)6(10(13)17-2)3-4-8(9)12(14)15/h3-4H,1-2H3. The number of nitrogens with zero attached hydrogens (tertiary/aromatic N) is 2. The van der Waals surface area contributed by atoms with Crippen molar-refractivity contribution in [3.05, 3.63) is 33.4 Å². The fourth-order valence-corrected chi connectivity index (χ4v) is 1.31. The van der Waals surface area contributed by atoms with Gasteiger partial charge in [0.25, 0.3) is 0 Å². The Hall–Kier alpha value is -2.62. The highest BCUT2D eigenvalue weighted by Crippen LogP contribution is 2.32. The van der Waals surface area contributed by atoms with E-state index < -0.39 is 10.9 Å². The van der Waals surface area contributed by atoms with E-state index in [4.69, 9.17) is 10.00 Å². The third-order valence-electron chi connectivity index (χ3n) is 2.05. The van der Waals surface area contributed by atoms with Gasteiger partial charge in [0.1, 0.15) is 11.6 Å². The number of nitro benzene ring substituents is 1. The van der Waals surface area contributed by atoms with Crippen LogP contribution in [0.3, 0.4) is 0 Å². The Balaban J connectivity index is 3.55. The van der Waals surface area contributed by atoms with E-state index in [1.165, 1.54) is 7.11 Å². The van der Waals surface area contributed by atoms with Crippen LogP contribution in [0.25, 0.3) is 0 Å². The molecule has 0 fully saturated rings. The maximum atomic E-state index is 11.3. The fourth-order valence-electron chi connectivity index (χ4n) is 1.31. The number of nitro groups is 1. The largest absolute Gasteiger partial charge is 0.489 e. The predicted molar refractivity (Wildman–Crippen MR) is 55.7 cm³/mol. The van der Waals surface area contributed by atoms with Crippen molar-refractivity contribution in [3.63, 3.8) is 0 Å². The molecule has 0 spiro atoms. The normalized spacial score (nSPS) is 9.24. The molecule has 17 heavy (non-hydrogen) atoms. The third kappa shape index (κ3) is 2.15. The molecule has 0 radical (unpaired) electrons. The molecule has 7 nitrogen and oxygen atoms in total. The number of benzene rings is 1. The molecular weight excluding hydrogens is 228 g/mol. The first-order valence-electron chi connectivity index (χ1n) is 4.40. The number of methoxy groups -OCH3 is 2. The topological polar surface area (TPSA) is 102 Å². The second-order valence-corrected chi connectivity index (χ2v) is 2.90. The van der Waals surface area contributed by atoms with E-state index >= 15 is 0 Å². The van der Waals surface area contributed by atoms with E-state index in [2.05, 4.69) is 4.74 Å². The summed E-state index contributed by atoms with van der Waals surface area (Å²) >= 11 is 0. The monoisotopic (exact) mass is 236 g/mol. The van der Waals surface area contributed by atoms with Crippen LogP contribution in [0.2, 0.25) is 0 Å². The second-order valence-electron chi connectivity index (χ2n) is 2.90. The van der Waals surface area contributed by atoms with Gasteiger partial charge in [0.15, 0.2) is 0 Å². The molecule has 1 rings (SSSR count). The molecule has 7 heteroatoms. The number of ether oxygens (including phenoxy) is 2. The maximum Gasteiger partial charge on any atom is 0.339 e. The van der Waals surface area contributed by atoms with Crippen molar-refractivity contribution in [3.8, 4) is 11.8 Å². The fraction of sp³-hybridized carbons (Fsp3) is 0.200. The molecule has 0 saturated heterocycles. The van der Waals surface area contributed by atoms with Gasteiger partial charge in [-0.1, -0.05) is 0 Å². The van der Waals surface area contributed by atoms with Gasteiger partial charge >= 0.3 is 11.7 Å². The predicted octanol–water partition coefficient (Wildman–Crippen LogP) is 1.26. The lowest BCUT2D eigenvalue weighted by atomic mass is 10.1. The summed E-state index contributed by atoms with van der Waals surface area (Å²) in [5, 5.41) is 19.6. The molecule has 1 aromatic rings. The molecule has 0 bridgehead atoms. The summed E-state index contributed by atoms with van der Waals surface area (Å²) in [5.74, 6) is -1.00. The molecule has 0 aliphatic rings. The minimum atomic E-state index is -0.755. The molecule has 0 aliphatic carbocycles. The van der Waals surface area contributed by atoms with E-state index in [0.717, 1.165) is 19.2 Å². The van der Waals surface area contributed by atoms with E-state index in [9.17, 15) is 14.9 Å². The van der Waals surface area contributed by atoms with Crippen molar-refractivity contribution in [1.29, 1.82) is 5.26 Å². The zero-order chi connectivity index (χ0) is 13.0. The number of rotatable bonds is 3. The van der Waals surface area contributed by atoms with Crippen molar-refractivity contribution in [2.75, 3.05) is 14.2 Å². The quantitative estimate of drug-likeness (QED) is 0.444. The maximum absolute atomic E-state index is 11.3. The molecule has 0 saturated carbocycles. The molecule has 88 valence electrons. The first-order chi connectivity index (χ1) is 8.06. The van der Waals surface area contributed by atoms with Gasteiger partial charge < -0.3 is 9.47 Å². The molecule has 0 aliphatic heterocycles. The number of hydrogen-bond donors (Lipinski definition) is 0. The number of hydrogen-bond acceptors (Lipinski definition) is 6. The van der Waals surface area contributed by atoms with Crippen LogP contribution < -0.4 is 4.74 Å². The zero-order valence-corrected chi connectivity index (χ0v) is 9.09. The smallest absolute Gasteiger partial charge is 0.339 e. The van der Waals surface area contributed by atoms with Crippen LogP contribution in [0.1, 0.15) is 15.9 Å². The van der Waals surface area contributed by atoms with Crippen molar-refractivity contribution >= 4 is 11.7 Å². The zero-order valence-electron chi connectivity index (χ0n) is 9.09. The molecule has 0 unspecified atom stereocenters. The number of nitriles is 1. The highest BCUT2D eigenvalue weighted by atomic mass is 16.6. The Morgan fingerprint density at radius 3 is 2.53 bits per heavy atom. The summed E-state index contributed by atoms with van der Waals surface area (Å²) in [6, 6.07) is 3.94. The first kappa shape index (κ1) is 12.4. The Labute approximate surface area is 96.3 Å². The van der Waals surface area contributed by atoms with Crippen LogP contribution in [0.5, 0.6) is 5.75 Å². The van der Waals surface area contributed by atoms with Gasteiger partial charge in [-0.25, -0.2) is 4.79 Å². The Kier molecular flexibility index (Phi) is 3.62. The number of esters is 1. The summed E-state index contributed by atoms with van der Waals surface area (Å²) in [6.07, 6.45) is 0. The van der Waals surface area contributed by atoms with E-state index in [1.54, 1.807) is 6.07 Å². The van der Waals surface area contributed by atoms with Gasteiger partial charge in [-0.3, -0.25) is 10.1 Å². The van der Waals surface area contributed by atoms with Gasteiger partial charge in [0.05, 0.1) is 24.7 Å². The number of carbonyl (C=O) groups excluding carboxylic acids is 1. The van der Waals surface area contributed by atoms with Crippen molar-refractivity contribution < 1.29 is 19.2 Å². The summed E-state index contributed by atoms with van der Waals surface area (Å²) in [7, 11) is 2.33. The lowest BCUT2D eigenvalue weighted by Crippen LogP contribution is -2.07. The Morgan fingerprint density at radius 1 is 1.47 bits per heavy atom. The minimum absolute atomic E-state index is 0.0718. The molecular formula is C10H8N2O5. The van der Waals surface area contributed by atoms with Crippen molar-refractivity contribution in [2.45, 2.75) is 0 Å². The molecule has 0 aromatic heterocycles. The summed E-state index contributed by atoms with van der Waals surface area (Å²) in [6.45, 7) is 0. The average Bonchev–Trinajstić information content (AvgIpc) is 2.35. The molecule has 0 heterocycles. The Bertz CT molecular complexity index is 518. The van der Waals surface area contributed by atoms with E-state index in [1.807, 2.05) is 0 Å². The van der Waals surface area contributed by atoms with Gasteiger partial charge in [0, 0.05) is 6.07 Å². The van der Waals surface area contributed by atoms with Crippen molar-refractivity contribution in [2.24, 2.45) is 0 Å². The van der Waals surface area contributed by atoms with Gasteiger partial charge in [0.2, 0.25) is 5.75 Å². The lowest BCUT2D eigenvalue weighted by molar-refractivity contribution is -0.385.